The maximum atomic E-state index is 12.2. The molecule has 0 radical (unpaired) electrons. The Morgan fingerprint density at radius 2 is 2.15 bits per heavy atom. The number of carbonyl (C=O) groups is 1. The second kappa shape index (κ2) is 4.89. The summed E-state index contributed by atoms with van der Waals surface area (Å²) < 4.78 is 5.56. The van der Waals surface area contributed by atoms with Crippen LogP contribution in [-0.4, -0.2) is 17.6 Å². The fourth-order valence-corrected chi connectivity index (χ4v) is 2.34. The number of rotatable bonds is 2. The standard InChI is InChI=1S/C16H15NO3/c1-10-5-6-15-13(7-10)14(9-20-15)17-16(19)11-3-2-4-12(18)8-11/h2-8,14,18H,9H2,1H3,(H,17,19)/t14-/m1/s1. The summed E-state index contributed by atoms with van der Waals surface area (Å²) in [6.45, 7) is 2.44. The van der Waals surface area contributed by atoms with Gasteiger partial charge >= 0.3 is 0 Å². The Bertz CT molecular complexity index is 667. The second-order valence-electron chi connectivity index (χ2n) is 4.93. The third-order valence-electron chi connectivity index (χ3n) is 3.36. The second-order valence-corrected chi connectivity index (χ2v) is 4.93. The van der Waals surface area contributed by atoms with E-state index in [-0.39, 0.29) is 17.7 Å². The van der Waals surface area contributed by atoms with Crippen LogP contribution in [0.2, 0.25) is 0 Å². The molecule has 3 rings (SSSR count). The Labute approximate surface area is 117 Å². The molecule has 0 saturated heterocycles. The summed E-state index contributed by atoms with van der Waals surface area (Å²) in [5.41, 5.74) is 2.57. The number of fused-ring (bicyclic) bond motifs is 1. The number of hydrogen-bond acceptors (Lipinski definition) is 3. The number of aromatic hydroxyl groups is 1. The molecule has 1 aliphatic heterocycles. The number of carbonyl (C=O) groups excluding carboxylic acids is 1. The molecule has 2 aromatic rings. The zero-order chi connectivity index (χ0) is 14.1. The summed E-state index contributed by atoms with van der Waals surface area (Å²) in [5, 5.41) is 12.3. The lowest BCUT2D eigenvalue weighted by molar-refractivity contribution is 0.0930. The molecular formula is C16H15NO3. The maximum Gasteiger partial charge on any atom is 0.252 e. The van der Waals surface area contributed by atoms with Crippen molar-refractivity contribution in [3.63, 3.8) is 0 Å². The Morgan fingerprint density at radius 3 is 2.95 bits per heavy atom. The van der Waals surface area contributed by atoms with Gasteiger partial charge in [-0.2, -0.15) is 0 Å². The number of ether oxygens (including phenoxy) is 1. The Kier molecular flexibility index (Phi) is 3.06. The Balaban J connectivity index is 1.80. The number of hydrogen-bond donors (Lipinski definition) is 2. The van der Waals surface area contributed by atoms with E-state index in [1.807, 2.05) is 25.1 Å². The molecule has 102 valence electrons. The average molecular weight is 269 g/mol. The zero-order valence-electron chi connectivity index (χ0n) is 11.1. The van der Waals surface area contributed by atoms with E-state index in [9.17, 15) is 9.90 Å². The van der Waals surface area contributed by atoms with Crippen molar-refractivity contribution in [3.8, 4) is 11.5 Å². The first-order valence-electron chi connectivity index (χ1n) is 6.47. The first-order chi connectivity index (χ1) is 9.63. The molecule has 0 unspecified atom stereocenters. The van der Waals surface area contributed by atoms with Gasteiger partial charge in [-0.3, -0.25) is 4.79 Å². The van der Waals surface area contributed by atoms with Gasteiger partial charge < -0.3 is 15.2 Å². The monoisotopic (exact) mass is 269 g/mol. The molecule has 1 aliphatic rings. The molecule has 2 aromatic carbocycles. The lowest BCUT2D eigenvalue weighted by atomic mass is 10.1. The molecule has 0 spiro atoms. The smallest absolute Gasteiger partial charge is 0.252 e. The minimum Gasteiger partial charge on any atom is -0.508 e. The first-order valence-corrected chi connectivity index (χ1v) is 6.47. The van der Waals surface area contributed by atoms with Gasteiger partial charge in [-0.05, 0) is 31.2 Å². The third-order valence-corrected chi connectivity index (χ3v) is 3.36. The lowest BCUT2D eigenvalue weighted by Gasteiger charge is -2.12. The molecule has 0 fully saturated rings. The van der Waals surface area contributed by atoms with Crippen LogP contribution in [0.1, 0.15) is 27.5 Å². The van der Waals surface area contributed by atoms with Gasteiger partial charge in [-0.15, -0.1) is 0 Å². The highest BCUT2D eigenvalue weighted by Crippen LogP contribution is 2.33. The van der Waals surface area contributed by atoms with Gasteiger partial charge in [0, 0.05) is 11.1 Å². The van der Waals surface area contributed by atoms with Gasteiger partial charge in [0.15, 0.2) is 0 Å². The zero-order valence-corrected chi connectivity index (χ0v) is 11.1. The summed E-state index contributed by atoms with van der Waals surface area (Å²) in [5.74, 6) is 0.678. The molecule has 20 heavy (non-hydrogen) atoms. The van der Waals surface area contributed by atoms with Crippen LogP contribution in [0, 0.1) is 6.92 Å². The molecule has 0 saturated carbocycles. The summed E-state index contributed by atoms with van der Waals surface area (Å²) in [4.78, 5) is 12.2. The van der Waals surface area contributed by atoms with Crippen LogP contribution < -0.4 is 10.1 Å². The molecule has 2 N–H and O–H groups in total. The van der Waals surface area contributed by atoms with Gasteiger partial charge in [0.1, 0.15) is 18.1 Å². The van der Waals surface area contributed by atoms with Crippen molar-refractivity contribution >= 4 is 5.91 Å². The number of nitrogens with one attached hydrogen (secondary N) is 1. The van der Waals surface area contributed by atoms with Gasteiger partial charge in [0.25, 0.3) is 5.91 Å². The van der Waals surface area contributed by atoms with E-state index in [2.05, 4.69) is 5.32 Å². The summed E-state index contributed by atoms with van der Waals surface area (Å²) in [7, 11) is 0. The SMILES string of the molecule is Cc1ccc2c(c1)[C@H](NC(=O)c1cccc(O)c1)CO2. The fraction of sp³-hybridized carbons (Fsp3) is 0.188. The van der Waals surface area contributed by atoms with Crippen molar-refractivity contribution in [1.82, 2.24) is 5.32 Å². The highest BCUT2D eigenvalue weighted by Gasteiger charge is 2.25. The van der Waals surface area contributed by atoms with Gasteiger partial charge in [-0.1, -0.05) is 23.8 Å². The minimum absolute atomic E-state index is 0.0802. The van der Waals surface area contributed by atoms with E-state index < -0.39 is 0 Å². The van der Waals surface area contributed by atoms with Crippen LogP contribution in [0.15, 0.2) is 42.5 Å². The van der Waals surface area contributed by atoms with Crippen molar-refractivity contribution in [3.05, 3.63) is 59.2 Å². The Hall–Kier alpha value is -2.49. The van der Waals surface area contributed by atoms with Crippen LogP contribution in [0.25, 0.3) is 0 Å². The molecule has 1 amide bonds. The normalized spacial score (nSPS) is 16.4. The molecular weight excluding hydrogens is 254 g/mol. The van der Waals surface area contributed by atoms with Crippen LogP contribution in [0.5, 0.6) is 11.5 Å². The number of phenolic OH excluding ortho intramolecular Hbond substituents is 1. The van der Waals surface area contributed by atoms with Gasteiger partial charge in [-0.25, -0.2) is 0 Å². The van der Waals surface area contributed by atoms with Gasteiger partial charge in [0.2, 0.25) is 0 Å². The fourth-order valence-electron chi connectivity index (χ4n) is 2.34. The highest BCUT2D eigenvalue weighted by atomic mass is 16.5. The summed E-state index contributed by atoms with van der Waals surface area (Å²) in [6, 6.07) is 12.1. The molecule has 0 bridgehead atoms. The molecule has 0 aliphatic carbocycles. The molecule has 4 heteroatoms. The first kappa shape index (κ1) is 12.5. The van der Waals surface area contributed by atoms with E-state index >= 15 is 0 Å². The lowest BCUT2D eigenvalue weighted by Crippen LogP contribution is -2.29. The summed E-state index contributed by atoms with van der Waals surface area (Å²) in [6.07, 6.45) is 0. The molecule has 0 aromatic heterocycles. The summed E-state index contributed by atoms with van der Waals surface area (Å²) >= 11 is 0. The number of phenols is 1. The topological polar surface area (TPSA) is 58.6 Å². The highest BCUT2D eigenvalue weighted by molar-refractivity contribution is 5.94. The largest absolute Gasteiger partial charge is 0.508 e. The quantitative estimate of drug-likeness (QED) is 0.881. The van der Waals surface area contributed by atoms with Crippen LogP contribution in [0.4, 0.5) is 0 Å². The van der Waals surface area contributed by atoms with Crippen LogP contribution in [0.3, 0.4) is 0 Å². The van der Waals surface area contributed by atoms with E-state index in [1.54, 1.807) is 12.1 Å². The van der Waals surface area contributed by atoms with Crippen molar-refractivity contribution in [2.45, 2.75) is 13.0 Å². The number of benzene rings is 2. The predicted molar refractivity (Wildman–Crippen MR) is 75.0 cm³/mol. The van der Waals surface area contributed by atoms with Crippen molar-refractivity contribution in [2.75, 3.05) is 6.61 Å². The molecule has 1 atom stereocenters. The van der Waals surface area contributed by atoms with Crippen molar-refractivity contribution in [2.24, 2.45) is 0 Å². The van der Waals surface area contributed by atoms with Crippen LogP contribution >= 0.6 is 0 Å². The maximum absolute atomic E-state index is 12.2. The third kappa shape index (κ3) is 2.32. The number of aryl methyl sites for hydroxylation is 1. The van der Waals surface area contributed by atoms with Gasteiger partial charge in [0.05, 0.1) is 6.04 Å². The Morgan fingerprint density at radius 1 is 1.30 bits per heavy atom. The molecule has 4 nitrogen and oxygen atoms in total. The van der Waals surface area contributed by atoms with E-state index in [0.717, 1.165) is 16.9 Å². The van der Waals surface area contributed by atoms with Crippen molar-refractivity contribution < 1.29 is 14.6 Å². The van der Waals surface area contributed by atoms with E-state index in [1.165, 1.54) is 12.1 Å². The number of amides is 1. The van der Waals surface area contributed by atoms with E-state index in [4.69, 9.17) is 4.74 Å². The minimum atomic E-state index is -0.219. The average Bonchev–Trinajstić information content (AvgIpc) is 2.81. The van der Waals surface area contributed by atoms with E-state index in [0.29, 0.717) is 12.2 Å². The van der Waals surface area contributed by atoms with Crippen LogP contribution in [-0.2, 0) is 0 Å². The predicted octanol–water partition coefficient (Wildman–Crippen LogP) is 2.56. The van der Waals surface area contributed by atoms with Crippen molar-refractivity contribution in [1.29, 1.82) is 0 Å². The molecule has 1 heterocycles.